The highest BCUT2D eigenvalue weighted by atomic mass is 16.5. The van der Waals surface area contributed by atoms with Crippen LogP contribution < -0.4 is 5.32 Å². The lowest BCUT2D eigenvalue weighted by atomic mass is 10.0. The number of rotatable bonds is 3. The van der Waals surface area contributed by atoms with Gasteiger partial charge in [-0.15, -0.1) is 0 Å². The highest BCUT2D eigenvalue weighted by Crippen LogP contribution is 2.19. The number of amides is 1. The Kier molecular flexibility index (Phi) is 3.00. The number of nitrogens with one attached hydrogen (secondary N) is 2. The van der Waals surface area contributed by atoms with E-state index >= 15 is 0 Å². The van der Waals surface area contributed by atoms with Crippen LogP contribution in [-0.2, 0) is 4.74 Å². The fourth-order valence-electron chi connectivity index (χ4n) is 2.35. The molecule has 1 aliphatic rings. The molecule has 1 aromatic carbocycles. The van der Waals surface area contributed by atoms with Crippen molar-refractivity contribution >= 4 is 16.8 Å². The van der Waals surface area contributed by atoms with Gasteiger partial charge < -0.3 is 20.1 Å². The molecular weight excluding hydrogens is 244 g/mol. The van der Waals surface area contributed by atoms with Crippen molar-refractivity contribution in [2.24, 2.45) is 0 Å². The third-order valence-corrected chi connectivity index (χ3v) is 3.49. The summed E-state index contributed by atoms with van der Waals surface area (Å²) in [6, 6.07) is 7.48. The van der Waals surface area contributed by atoms with Crippen LogP contribution in [0.5, 0.6) is 0 Å². The minimum absolute atomic E-state index is 0.187. The zero-order valence-electron chi connectivity index (χ0n) is 10.5. The summed E-state index contributed by atoms with van der Waals surface area (Å²) in [5, 5.41) is 13.9. The summed E-state index contributed by atoms with van der Waals surface area (Å²) < 4.78 is 5.15. The van der Waals surface area contributed by atoms with E-state index in [9.17, 15) is 9.90 Å². The van der Waals surface area contributed by atoms with Crippen LogP contribution in [0.3, 0.4) is 0 Å². The molecule has 1 unspecified atom stereocenters. The quantitative estimate of drug-likeness (QED) is 0.772. The number of hydrogen-bond acceptors (Lipinski definition) is 3. The smallest absolute Gasteiger partial charge is 0.253 e. The van der Waals surface area contributed by atoms with Crippen LogP contribution in [0.2, 0.25) is 0 Å². The average molecular weight is 260 g/mol. The SMILES string of the molecule is O=C(NCC1(O)CCOC1)c1cccc2cc[nH]c12. The molecule has 2 heterocycles. The molecule has 0 aliphatic carbocycles. The first-order valence-corrected chi connectivity index (χ1v) is 6.32. The Morgan fingerprint density at radius 1 is 1.47 bits per heavy atom. The van der Waals surface area contributed by atoms with E-state index < -0.39 is 5.60 Å². The predicted octanol–water partition coefficient (Wildman–Crippen LogP) is 1.05. The zero-order valence-corrected chi connectivity index (χ0v) is 10.5. The second kappa shape index (κ2) is 4.68. The van der Waals surface area contributed by atoms with E-state index in [2.05, 4.69) is 10.3 Å². The number of benzene rings is 1. The van der Waals surface area contributed by atoms with E-state index in [1.807, 2.05) is 18.2 Å². The molecule has 1 amide bonds. The van der Waals surface area contributed by atoms with Crippen LogP contribution in [-0.4, -0.2) is 41.4 Å². The minimum atomic E-state index is -0.931. The number of aromatic amines is 1. The molecule has 100 valence electrons. The Bertz CT molecular complexity index is 600. The normalized spacial score (nSPS) is 22.8. The minimum Gasteiger partial charge on any atom is -0.386 e. The summed E-state index contributed by atoms with van der Waals surface area (Å²) in [6.07, 6.45) is 2.36. The molecule has 5 heteroatoms. The zero-order chi connectivity index (χ0) is 13.3. The molecular formula is C14H16N2O3. The van der Waals surface area contributed by atoms with Crippen molar-refractivity contribution in [2.75, 3.05) is 19.8 Å². The number of fused-ring (bicyclic) bond motifs is 1. The molecule has 1 fully saturated rings. The van der Waals surface area contributed by atoms with Crippen molar-refractivity contribution in [1.82, 2.24) is 10.3 Å². The van der Waals surface area contributed by atoms with Gasteiger partial charge in [-0.25, -0.2) is 0 Å². The second-order valence-electron chi connectivity index (χ2n) is 4.96. The Balaban J connectivity index is 1.75. The molecule has 5 nitrogen and oxygen atoms in total. The Morgan fingerprint density at radius 3 is 3.16 bits per heavy atom. The van der Waals surface area contributed by atoms with Crippen molar-refractivity contribution in [3.05, 3.63) is 36.0 Å². The van der Waals surface area contributed by atoms with Crippen molar-refractivity contribution in [3.8, 4) is 0 Å². The van der Waals surface area contributed by atoms with E-state index in [0.29, 0.717) is 18.6 Å². The van der Waals surface area contributed by atoms with Gasteiger partial charge in [0, 0.05) is 31.2 Å². The molecule has 3 rings (SSSR count). The molecule has 0 spiro atoms. The Labute approximate surface area is 110 Å². The molecule has 1 aliphatic heterocycles. The molecule has 0 saturated carbocycles. The van der Waals surface area contributed by atoms with E-state index in [0.717, 1.165) is 10.9 Å². The largest absolute Gasteiger partial charge is 0.386 e. The monoisotopic (exact) mass is 260 g/mol. The summed E-state index contributed by atoms with van der Waals surface area (Å²) >= 11 is 0. The van der Waals surface area contributed by atoms with Crippen LogP contribution in [0.15, 0.2) is 30.5 Å². The maximum Gasteiger partial charge on any atom is 0.253 e. The molecule has 3 N–H and O–H groups in total. The van der Waals surface area contributed by atoms with Crippen LogP contribution in [0.25, 0.3) is 10.9 Å². The Morgan fingerprint density at radius 2 is 2.37 bits per heavy atom. The maximum absolute atomic E-state index is 12.2. The van der Waals surface area contributed by atoms with Gasteiger partial charge in [0.2, 0.25) is 0 Å². The fraction of sp³-hybridized carbons (Fsp3) is 0.357. The molecule has 19 heavy (non-hydrogen) atoms. The number of aliphatic hydroxyl groups is 1. The number of ether oxygens (including phenoxy) is 1. The third-order valence-electron chi connectivity index (χ3n) is 3.49. The Hall–Kier alpha value is -1.85. The van der Waals surface area contributed by atoms with E-state index in [1.54, 1.807) is 12.3 Å². The molecule has 1 atom stereocenters. The standard InChI is InChI=1S/C14H16N2O3/c17-13(16-8-14(18)5-7-19-9-14)11-3-1-2-10-4-6-15-12(10)11/h1-4,6,15,18H,5,7-9H2,(H,16,17). The van der Waals surface area contributed by atoms with Crippen molar-refractivity contribution in [1.29, 1.82) is 0 Å². The number of carbonyl (C=O) groups is 1. The van der Waals surface area contributed by atoms with Gasteiger partial charge >= 0.3 is 0 Å². The number of hydrogen-bond donors (Lipinski definition) is 3. The predicted molar refractivity (Wildman–Crippen MR) is 71.0 cm³/mol. The molecule has 0 bridgehead atoms. The molecule has 0 radical (unpaired) electrons. The number of para-hydroxylation sites is 1. The lowest BCUT2D eigenvalue weighted by Gasteiger charge is -2.20. The van der Waals surface area contributed by atoms with E-state index in [-0.39, 0.29) is 19.1 Å². The first kappa shape index (κ1) is 12.2. The van der Waals surface area contributed by atoms with Crippen molar-refractivity contribution in [3.63, 3.8) is 0 Å². The van der Waals surface area contributed by atoms with Crippen LogP contribution in [0.1, 0.15) is 16.8 Å². The van der Waals surface area contributed by atoms with Crippen LogP contribution in [0, 0.1) is 0 Å². The average Bonchev–Trinajstić information content (AvgIpc) is 3.04. The topological polar surface area (TPSA) is 74.3 Å². The lowest BCUT2D eigenvalue weighted by molar-refractivity contribution is 0.0265. The van der Waals surface area contributed by atoms with Gasteiger partial charge in [0.1, 0.15) is 5.60 Å². The number of H-pyrrole nitrogens is 1. The first-order valence-electron chi connectivity index (χ1n) is 6.32. The summed E-state index contributed by atoms with van der Waals surface area (Å²) in [5.41, 5.74) is 0.471. The lowest BCUT2D eigenvalue weighted by Crippen LogP contribution is -2.43. The second-order valence-corrected chi connectivity index (χ2v) is 4.96. The van der Waals surface area contributed by atoms with Gasteiger partial charge in [-0.2, -0.15) is 0 Å². The van der Waals surface area contributed by atoms with Crippen molar-refractivity contribution < 1.29 is 14.6 Å². The maximum atomic E-state index is 12.2. The third kappa shape index (κ3) is 2.34. The van der Waals surface area contributed by atoms with E-state index in [4.69, 9.17) is 4.74 Å². The summed E-state index contributed by atoms with van der Waals surface area (Å²) in [7, 11) is 0. The number of carbonyl (C=O) groups excluding carboxylic acids is 1. The molecule has 1 aromatic heterocycles. The van der Waals surface area contributed by atoms with Gasteiger partial charge in [-0.1, -0.05) is 12.1 Å². The fourth-order valence-corrected chi connectivity index (χ4v) is 2.35. The highest BCUT2D eigenvalue weighted by molar-refractivity contribution is 6.05. The van der Waals surface area contributed by atoms with Crippen molar-refractivity contribution in [2.45, 2.75) is 12.0 Å². The first-order chi connectivity index (χ1) is 9.18. The molecule has 2 aromatic rings. The van der Waals surface area contributed by atoms with Gasteiger partial charge in [-0.05, 0) is 12.1 Å². The summed E-state index contributed by atoms with van der Waals surface area (Å²) in [6.45, 7) is 1.03. The summed E-state index contributed by atoms with van der Waals surface area (Å²) in [5.74, 6) is -0.187. The van der Waals surface area contributed by atoms with Crippen LogP contribution >= 0.6 is 0 Å². The van der Waals surface area contributed by atoms with Gasteiger partial charge in [-0.3, -0.25) is 4.79 Å². The van der Waals surface area contributed by atoms with Gasteiger partial charge in [0.15, 0.2) is 0 Å². The van der Waals surface area contributed by atoms with Gasteiger partial charge in [0.05, 0.1) is 17.7 Å². The highest BCUT2D eigenvalue weighted by Gasteiger charge is 2.32. The number of aromatic nitrogens is 1. The molecule has 1 saturated heterocycles. The summed E-state index contributed by atoms with van der Waals surface area (Å²) in [4.78, 5) is 15.2. The van der Waals surface area contributed by atoms with Gasteiger partial charge in [0.25, 0.3) is 5.91 Å². The van der Waals surface area contributed by atoms with Crippen LogP contribution in [0.4, 0.5) is 0 Å². The van der Waals surface area contributed by atoms with E-state index in [1.165, 1.54) is 0 Å².